The molecule has 0 spiro atoms. The fourth-order valence-corrected chi connectivity index (χ4v) is 1.84. The average Bonchev–Trinajstić information content (AvgIpc) is 2.46. The van der Waals surface area contributed by atoms with E-state index in [9.17, 15) is 4.79 Å². The predicted molar refractivity (Wildman–Crippen MR) is 78.1 cm³/mol. The fourth-order valence-electron chi connectivity index (χ4n) is 1.84. The summed E-state index contributed by atoms with van der Waals surface area (Å²) in [5.74, 6) is 0.277. The smallest absolute Gasteiger partial charge is 0.333 e. The van der Waals surface area contributed by atoms with Crippen molar-refractivity contribution in [2.75, 3.05) is 20.2 Å². The van der Waals surface area contributed by atoms with Crippen LogP contribution in [-0.2, 0) is 9.53 Å². The first-order valence-corrected chi connectivity index (χ1v) is 6.66. The highest BCUT2D eigenvalue weighted by Crippen LogP contribution is 2.17. The van der Waals surface area contributed by atoms with E-state index in [4.69, 9.17) is 0 Å². The average molecular weight is 261 g/mol. The minimum absolute atomic E-state index is 0.264. The molecular weight excluding hydrogens is 238 g/mol. The van der Waals surface area contributed by atoms with Crippen LogP contribution >= 0.6 is 0 Å². The quantitative estimate of drug-likeness (QED) is 0.466. The van der Waals surface area contributed by atoms with E-state index < -0.39 is 0 Å². The molecule has 0 aliphatic carbocycles. The highest BCUT2D eigenvalue weighted by Gasteiger charge is 2.04. The highest BCUT2D eigenvalue weighted by molar-refractivity contribution is 5.87. The lowest BCUT2D eigenvalue weighted by Gasteiger charge is -2.11. The number of hydrogen-bond donors (Lipinski definition) is 1. The van der Waals surface area contributed by atoms with Gasteiger partial charge in [-0.3, -0.25) is 0 Å². The van der Waals surface area contributed by atoms with E-state index in [2.05, 4.69) is 41.2 Å². The van der Waals surface area contributed by atoms with E-state index >= 15 is 0 Å². The van der Waals surface area contributed by atoms with Crippen molar-refractivity contribution >= 4 is 5.97 Å². The normalized spacial score (nSPS) is 13.1. The molecule has 0 saturated carbocycles. The monoisotopic (exact) mass is 261 g/mol. The van der Waals surface area contributed by atoms with Crippen molar-refractivity contribution in [1.82, 2.24) is 5.32 Å². The predicted octanol–water partition coefficient (Wildman–Crippen LogP) is 2.89. The van der Waals surface area contributed by atoms with Crippen LogP contribution in [0.3, 0.4) is 0 Å². The lowest BCUT2D eigenvalue weighted by molar-refractivity contribution is -0.136. The van der Waals surface area contributed by atoms with Gasteiger partial charge < -0.3 is 10.1 Å². The number of methoxy groups -OCH3 is 1. The standard InChI is InChI=1S/C16H23NO2/c1-13(15-7-5-4-6-8-15)9-11-17-12-10-14(2)16(18)19-3/h4-8,10,13,17H,9,11-12H2,1-3H3/b14-10+. The molecule has 0 heterocycles. The van der Waals surface area contributed by atoms with Gasteiger partial charge in [-0.2, -0.15) is 0 Å². The Morgan fingerprint density at radius 1 is 1.37 bits per heavy atom. The Labute approximate surface area is 115 Å². The molecule has 3 nitrogen and oxygen atoms in total. The minimum Gasteiger partial charge on any atom is -0.466 e. The molecule has 0 aliphatic rings. The Hall–Kier alpha value is -1.61. The summed E-state index contributed by atoms with van der Waals surface area (Å²) in [4.78, 5) is 11.2. The molecule has 0 amide bonds. The molecule has 0 aliphatic heterocycles. The third-order valence-corrected chi connectivity index (χ3v) is 3.18. The van der Waals surface area contributed by atoms with Gasteiger partial charge in [0.05, 0.1) is 7.11 Å². The van der Waals surface area contributed by atoms with E-state index in [1.807, 2.05) is 12.1 Å². The second-order valence-electron chi connectivity index (χ2n) is 4.68. The number of hydrogen-bond acceptors (Lipinski definition) is 3. The summed E-state index contributed by atoms with van der Waals surface area (Å²) in [5.41, 5.74) is 2.01. The molecule has 1 unspecified atom stereocenters. The van der Waals surface area contributed by atoms with Crippen LogP contribution in [-0.4, -0.2) is 26.2 Å². The topological polar surface area (TPSA) is 38.3 Å². The fraction of sp³-hybridized carbons (Fsp3) is 0.438. The summed E-state index contributed by atoms with van der Waals surface area (Å²) in [6.07, 6.45) is 2.94. The van der Waals surface area contributed by atoms with Gasteiger partial charge in [0.2, 0.25) is 0 Å². The second kappa shape index (κ2) is 8.48. The van der Waals surface area contributed by atoms with Crippen LogP contribution in [0.25, 0.3) is 0 Å². The third-order valence-electron chi connectivity index (χ3n) is 3.18. The Balaban J connectivity index is 2.23. The Kier molecular flexibility index (Phi) is 6.90. The summed E-state index contributed by atoms with van der Waals surface area (Å²) < 4.78 is 4.63. The zero-order valence-corrected chi connectivity index (χ0v) is 12.0. The lowest BCUT2D eigenvalue weighted by Crippen LogP contribution is -2.18. The molecule has 3 heteroatoms. The van der Waals surface area contributed by atoms with Gasteiger partial charge in [0.1, 0.15) is 0 Å². The molecule has 0 saturated heterocycles. The third kappa shape index (κ3) is 5.71. The van der Waals surface area contributed by atoms with Crippen LogP contribution in [0.15, 0.2) is 42.0 Å². The summed E-state index contributed by atoms with van der Waals surface area (Å²) in [6, 6.07) is 10.5. The van der Waals surface area contributed by atoms with E-state index in [0.29, 0.717) is 18.0 Å². The van der Waals surface area contributed by atoms with Crippen molar-refractivity contribution in [1.29, 1.82) is 0 Å². The lowest BCUT2D eigenvalue weighted by atomic mass is 9.98. The molecule has 0 fully saturated rings. The van der Waals surface area contributed by atoms with E-state index in [1.54, 1.807) is 6.92 Å². The van der Waals surface area contributed by atoms with Gasteiger partial charge in [-0.15, -0.1) is 0 Å². The number of carbonyl (C=O) groups is 1. The molecule has 0 bridgehead atoms. The van der Waals surface area contributed by atoms with Crippen molar-refractivity contribution in [3.8, 4) is 0 Å². The van der Waals surface area contributed by atoms with Crippen LogP contribution < -0.4 is 5.32 Å². The maximum absolute atomic E-state index is 11.2. The zero-order valence-electron chi connectivity index (χ0n) is 12.0. The van der Waals surface area contributed by atoms with Crippen LogP contribution in [0.4, 0.5) is 0 Å². The first kappa shape index (κ1) is 15.4. The molecule has 104 valence electrons. The molecule has 1 aromatic carbocycles. The van der Waals surface area contributed by atoms with Crippen molar-refractivity contribution < 1.29 is 9.53 Å². The van der Waals surface area contributed by atoms with Crippen molar-refractivity contribution in [2.24, 2.45) is 0 Å². The number of nitrogens with one attached hydrogen (secondary N) is 1. The SMILES string of the molecule is COC(=O)/C(C)=C/CNCCC(C)c1ccccc1. The molecule has 0 radical (unpaired) electrons. The number of rotatable bonds is 7. The van der Waals surface area contributed by atoms with Crippen LogP contribution in [0.1, 0.15) is 31.7 Å². The Morgan fingerprint density at radius 2 is 2.05 bits per heavy atom. The molecule has 1 atom stereocenters. The molecule has 1 aromatic rings. The van der Waals surface area contributed by atoms with Crippen molar-refractivity contribution in [2.45, 2.75) is 26.2 Å². The van der Waals surface area contributed by atoms with Gasteiger partial charge >= 0.3 is 5.97 Å². The van der Waals surface area contributed by atoms with Crippen LogP contribution in [0, 0.1) is 0 Å². The second-order valence-corrected chi connectivity index (χ2v) is 4.68. The van der Waals surface area contributed by atoms with Gasteiger partial charge in [-0.1, -0.05) is 43.3 Å². The molecule has 1 N–H and O–H groups in total. The summed E-state index contributed by atoms with van der Waals surface area (Å²) >= 11 is 0. The zero-order chi connectivity index (χ0) is 14.1. The van der Waals surface area contributed by atoms with Crippen LogP contribution in [0.5, 0.6) is 0 Å². The van der Waals surface area contributed by atoms with Gasteiger partial charge in [-0.25, -0.2) is 4.79 Å². The molecular formula is C16H23NO2. The van der Waals surface area contributed by atoms with E-state index in [1.165, 1.54) is 12.7 Å². The number of esters is 1. The minimum atomic E-state index is -0.264. The highest BCUT2D eigenvalue weighted by atomic mass is 16.5. The van der Waals surface area contributed by atoms with Crippen molar-refractivity contribution in [3.63, 3.8) is 0 Å². The maximum atomic E-state index is 11.2. The van der Waals surface area contributed by atoms with Crippen molar-refractivity contribution in [3.05, 3.63) is 47.5 Å². The number of carbonyl (C=O) groups excluding carboxylic acids is 1. The Morgan fingerprint density at radius 3 is 2.68 bits per heavy atom. The molecule has 19 heavy (non-hydrogen) atoms. The first-order chi connectivity index (χ1) is 9.15. The summed E-state index contributed by atoms with van der Waals surface area (Å²) in [5, 5.41) is 3.31. The number of ether oxygens (including phenoxy) is 1. The first-order valence-electron chi connectivity index (χ1n) is 6.66. The van der Waals surface area contributed by atoms with Gasteiger partial charge in [0, 0.05) is 12.1 Å². The largest absolute Gasteiger partial charge is 0.466 e. The van der Waals surface area contributed by atoms with Gasteiger partial charge in [-0.05, 0) is 31.4 Å². The Bertz CT molecular complexity index is 412. The van der Waals surface area contributed by atoms with Gasteiger partial charge in [0.25, 0.3) is 0 Å². The summed E-state index contributed by atoms with van der Waals surface area (Å²) in [6.45, 7) is 5.62. The summed E-state index contributed by atoms with van der Waals surface area (Å²) in [7, 11) is 1.40. The van der Waals surface area contributed by atoms with Gasteiger partial charge in [0.15, 0.2) is 0 Å². The molecule has 0 aromatic heterocycles. The maximum Gasteiger partial charge on any atom is 0.333 e. The van der Waals surface area contributed by atoms with Crippen LogP contribution in [0.2, 0.25) is 0 Å². The molecule has 1 rings (SSSR count). The van der Waals surface area contributed by atoms with E-state index in [-0.39, 0.29) is 5.97 Å². The van der Waals surface area contributed by atoms with E-state index in [0.717, 1.165) is 13.0 Å². The number of benzene rings is 1.